The predicted octanol–water partition coefficient (Wildman–Crippen LogP) is 4.25. The van der Waals surface area contributed by atoms with Crippen LogP contribution in [-0.2, 0) is 11.2 Å². The van der Waals surface area contributed by atoms with Gasteiger partial charge in [-0.3, -0.25) is 4.98 Å². The molecule has 3 aromatic rings. The Kier molecular flexibility index (Phi) is 4.79. The molecule has 1 atom stereocenters. The van der Waals surface area contributed by atoms with Crippen molar-refractivity contribution in [3.63, 3.8) is 0 Å². The molecule has 2 aromatic heterocycles. The second kappa shape index (κ2) is 7.72. The first-order valence-corrected chi connectivity index (χ1v) is 10.2. The van der Waals surface area contributed by atoms with Crippen molar-refractivity contribution in [2.45, 2.75) is 38.0 Å². The third kappa shape index (κ3) is 3.64. The summed E-state index contributed by atoms with van der Waals surface area (Å²) in [5.74, 6) is 1.78. The maximum Gasteiger partial charge on any atom is 0.247 e. The van der Waals surface area contributed by atoms with Crippen LogP contribution in [0.15, 0.2) is 48.9 Å². The summed E-state index contributed by atoms with van der Waals surface area (Å²) in [5.41, 5.74) is 4.37. The van der Waals surface area contributed by atoms with Gasteiger partial charge in [0.2, 0.25) is 5.95 Å². The summed E-state index contributed by atoms with van der Waals surface area (Å²) in [5, 5.41) is 8.03. The number of ether oxygens (including phenoxy) is 1. The summed E-state index contributed by atoms with van der Waals surface area (Å²) in [6.45, 7) is 1.62. The van der Waals surface area contributed by atoms with Crippen molar-refractivity contribution < 1.29 is 4.74 Å². The van der Waals surface area contributed by atoms with E-state index in [2.05, 4.69) is 21.5 Å². The van der Waals surface area contributed by atoms with Crippen molar-refractivity contribution in [2.75, 3.05) is 18.5 Å². The van der Waals surface area contributed by atoms with Crippen molar-refractivity contribution in [2.24, 2.45) is 5.92 Å². The third-order valence-corrected chi connectivity index (χ3v) is 5.86. The minimum Gasteiger partial charge on any atom is -0.381 e. The highest BCUT2D eigenvalue weighted by Crippen LogP contribution is 2.34. The lowest BCUT2D eigenvalue weighted by molar-refractivity contribution is 0.194. The van der Waals surface area contributed by atoms with Gasteiger partial charge in [-0.2, -0.15) is 4.98 Å². The van der Waals surface area contributed by atoms with E-state index >= 15 is 0 Å². The first-order chi connectivity index (χ1) is 13.8. The van der Waals surface area contributed by atoms with Gasteiger partial charge in [0.15, 0.2) is 0 Å². The topological polar surface area (TPSA) is 64.9 Å². The second-order valence-corrected chi connectivity index (χ2v) is 7.80. The monoisotopic (exact) mass is 375 g/mol. The zero-order chi connectivity index (χ0) is 18.8. The molecule has 6 heteroatoms. The highest BCUT2D eigenvalue weighted by atomic mass is 16.5. The van der Waals surface area contributed by atoms with Crippen LogP contribution < -0.4 is 5.32 Å². The number of pyridine rings is 1. The molecule has 1 aliphatic heterocycles. The van der Waals surface area contributed by atoms with E-state index < -0.39 is 0 Å². The lowest BCUT2D eigenvalue weighted by Gasteiger charge is -2.26. The Morgan fingerprint density at radius 2 is 2.00 bits per heavy atom. The highest BCUT2D eigenvalue weighted by Gasteiger charge is 2.23. The molecular formula is C22H25N5O. The molecule has 5 rings (SSSR count). The number of hydrogen-bond donors (Lipinski definition) is 1. The van der Waals surface area contributed by atoms with E-state index in [0.717, 1.165) is 49.0 Å². The van der Waals surface area contributed by atoms with Crippen LogP contribution in [0.2, 0.25) is 0 Å². The average Bonchev–Trinajstić information content (AvgIpc) is 3.38. The summed E-state index contributed by atoms with van der Waals surface area (Å²) in [7, 11) is 0. The van der Waals surface area contributed by atoms with Crippen LogP contribution in [-0.4, -0.2) is 33.0 Å². The van der Waals surface area contributed by atoms with Gasteiger partial charge in [0.25, 0.3) is 0 Å². The number of aromatic nitrogens is 4. The number of rotatable bonds is 6. The number of anilines is 2. The maximum atomic E-state index is 5.57. The van der Waals surface area contributed by atoms with Crippen LogP contribution in [0.5, 0.6) is 0 Å². The summed E-state index contributed by atoms with van der Waals surface area (Å²) in [4.78, 5) is 9.28. The Morgan fingerprint density at radius 1 is 1.11 bits per heavy atom. The minimum absolute atomic E-state index is 0.431. The van der Waals surface area contributed by atoms with Gasteiger partial charge in [-0.1, -0.05) is 37.5 Å². The van der Waals surface area contributed by atoms with Crippen molar-refractivity contribution in [3.8, 4) is 5.69 Å². The van der Waals surface area contributed by atoms with E-state index in [1.54, 1.807) is 11.0 Å². The second-order valence-electron chi connectivity index (χ2n) is 7.80. The van der Waals surface area contributed by atoms with E-state index in [0.29, 0.717) is 11.9 Å². The first kappa shape index (κ1) is 17.4. The van der Waals surface area contributed by atoms with E-state index in [4.69, 9.17) is 9.72 Å². The predicted molar refractivity (Wildman–Crippen MR) is 108 cm³/mol. The fourth-order valence-corrected chi connectivity index (χ4v) is 3.92. The fourth-order valence-electron chi connectivity index (χ4n) is 3.92. The van der Waals surface area contributed by atoms with Crippen LogP contribution in [0.4, 0.5) is 11.6 Å². The van der Waals surface area contributed by atoms with Crippen molar-refractivity contribution in [3.05, 3.63) is 60.2 Å². The molecule has 1 saturated carbocycles. The first-order valence-electron chi connectivity index (χ1n) is 10.2. The van der Waals surface area contributed by atoms with E-state index in [1.807, 2.05) is 36.5 Å². The lowest BCUT2D eigenvalue weighted by atomic mass is 9.81. The zero-order valence-corrected chi connectivity index (χ0v) is 15.9. The zero-order valence-electron chi connectivity index (χ0n) is 15.9. The molecule has 1 aromatic carbocycles. The molecule has 3 heterocycles. The summed E-state index contributed by atoms with van der Waals surface area (Å²) < 4.78 is 7.35. The lowest BCUT2D eigenvalue weighted by Crippen LogP contribution is -2.16. The maximum absolute atomic E-state index is 5.57. The Bertz CT molecular complexity index is 929. The summed E-state index contributed by atoms with van der Waals surface area (Å²) in [6, 6.07) is 12.3. The van der Waals surface area contributed by atoms with Gasteiger partial charge in [-0.15, -0.1) is 5.10 Å². The molecule has 1 N–H and O–H groups in total. The van der Waals surface area contributed by atoms with Gasteiger partial charge in [0.1, 0.15) is 6.33 Å². The number of benzene rings is 1. The smallest absolute Gasteiger partial charge is 0.247 e. The van der Waals surface area contributed by atoms with Crippen LogP contribution in [0.25, 0.3) is 5.69 Å². The molecule has 2 fully saturated rings. The number of para-hydroxylation sites is 1. The average molecular weight is 375 g/mol. The van der Waals surface area contributed by atoms with E-state index in [-0.39, 0.29) is 0 Å². The molecule has 1 saturated heterocycles. The molecule has 0 spiro atoms. The summed E-state index contributed by atoms with van der Waals surface area (Å²) in [6.07, 6.45) is 9.81. The molecule has 0 radical (unpaired) electrons. The number of nitrogens with one attached hydrogen (secondary N) is 1. The highest BCUT2D eigenvalue weighted by molar-refractivity contribution is 5.58. The third-order valence-electron chi connectivity index (χ3n) is 5.86. The van der Waals surface area contributed by atoms with Gasteiger partial charge < -0.3 is 10.1 Å². The van der Waals surface area contributed by atoms with Crippen LogP contribution in [0.3, 0.4) is 0 Å². The molecule has 28 heavy (non-hydrogen) atoms. The van der Waals surface area contributed by atoms with Crippen molar-refractivity contribution in [1.29, 1.82) is 0 Å². The molecule has 0 unspecified atom stereocenters. The number of nitrogens with zero attached hydrogens (tertiary/aromatic N) is 4. The minimum atomic E-state index is 0.431. The van der Waals surface area contributed by atoms with Gasteiger partial charge in [-0.05, 0) is 42.5 Å². The van der Waals surface area contributed by atoms with Crippen LogP contribution >= 0.6 is 0 Å². The fraction of sp³-hybridized carbons (Fsp3) is 0.409. The van der Waals surface area contributed by atoms with Crippen LogP contribution in [0, 0.1) is 5.92 Å². The Hall–Kier alpha value is -2.73. The SMILES string of the molecule is c1ccc(-n2cnc(Nc3cc([C@H]4CCOC4)cnc3CC3CCC3)n2)cc1. The quantitative estimate of drug-likeness (QED) is 0.698. The van der Waals surface area contributed by atoms with Crippen molar-refractivity contribution in [1.82, 2.24) is 19.7 Å². The van der Waals surface area contributed by atoms with Crippen LogP contribution in [0.1, 0.15) is 42.9 Å². The molecule has 6 nitrogen and oxygen atoms in total. The summed E-state index contributed by atoms with van der Waals surface area (Å²) >= 11 is 0. The van der Waals surface area contributed by atoms with E-state index in [9.17, 15) is 0 Å². The van der Waals surface area contributed by atoms with Gasteiger partial charge in [0, 0.05) is 18.7 Å². The Morgan fingerprint density at radius 3 is 2.75 bits per heavy atom. The molecule has 144 valence electrons. The Balaban J connectivity index is 1.41. The Labute approximate surface area is 165 Å². The standard InChI is InChI=1S/C22H25N5O/c1-2-7-19(8-3-1)27-15-24-22(26-27)25-21-12-18(17-9-10-28-14-17)13-23-20(21)11-16-5-4-6-16/h1-3,7-8,12-13,15-17H,4-6,9-11,14H2,(H,25,26)/t17-/m0/s1. The molecule has 0 amide bonds. The molecule has 1 aliphatic carbocycles. The van der Waals surface area contributed by atoms with Gasteiger partial charge in [0.05, 0.1) is 23.7 Å². The molecular weight excluding hydrogens is 350 g/mol. The van der Waals surface area contributed by atoms with Gasteiger partial charge in [-0.25, -0.2) is 4.68 Å². The van der Waals surface area contributed by atoms with E-state index in [1.165, 1.54) is 24.8 Å². The van der Waals surface area contributed by atoms with Gasteiger partial charge >= 0.3 is 0 Å². The number of hydrogen-bond acceptors (Lipinski definition) is 5. The largest absolute Gasteiger partial charge is 0.381 e. The van der Waals surface area contributed by atoms with Crippen molar-refractivity contribution >= 4 is 11.6 Å². The molecule has 0 bridgehead atoms. The normalized spacial score (nSPS) is 19.5. The molecule has 2 aliphatic rings.